The molecule has 0 unspecified atom stereocenters. The summed E-state index contributed by atoms with van der Waals surface area (Å²) in [6.45, 7) is 3.22. The normalized spacial score (nSPS) is 18.6. The molecule has 1 heterocycles. The summed E-state index contributed by atoms with van der Waals surface area (Å²) in [5.74, 6) is -0.0816. The fourth-order valence-corrected chi connectivity index (χ4v) is 3.62. The van der Waals surface area contributed by atoms with E-state index in [0.29, 0.717) is 36.6 Å². The van der Waals surface area contributed by atoms with Gasteiger partial charge in [-0.2, -0.15) is 0 Å². The molecule has 6 nitrogen and oxygen atoms in total. The van der Waals surface area contributed by atoms with Crippen LogP contribution in [0.3, 0.4) is 0 Å². The molecule has 2 N–H and O–H groups in total. The number of sulfonamides is 1. The molecule has 0 saturated carbocycles. The van der Waals surface area contributed by atoms with Crippen LogP contribution < -0.4 is 10.0 Å². The molecule has 1 aromatic carbocycles. The number of halogens is 1. The van der Waals surface area contributed by atoms with Gasteiger partial charge in [0, 0.05) is 29.8 Å². The van der Waals surface area contributed by atoms with Gasteiger partial charge >= 0.3 is 0 Å². The Hall–Kier alpha value is -1.15. The van der Waals surface area contributed by atoms with Crippen molar-refractivity contribution in [1.29, 1.82) is 0 Å². The molecule has 1 aliphatic rings. The number of benzene rings is 1. The molecular weight excluding hydrogens is 338 g/mol. The molecule has 2 rings (SSSR count). The van der Waals surface area contributed by atoms with Gasteiger partial charge in [-0.25, -0.2) is 13.1 Å². The van der Waals surface area contributed by atoms with Gasteiger partial charge in [-0.15, -0.1) is 0 Å². The lowest BCUT2D eigenvalue weighted by Gasteiger charge is -2.35. The predicted molar refractivity (Wildman–Crippen MR) is 92.1 cm³/mol. The second kappa shape index (κ2) is 7.61. The lowest BCUT2D eigenvalue weighted by molar-refractivity contribution is -0.121. The van der Waals surface area contributed by atoms with Gasteiger partial charge in [0.15, 0.2) is 0 Å². The summed E-state index contributed by atoms with van der Waals surface area (Å²) in [5.41, 5.74) is 0.708. The maximum Gasteiger partial charge on any atom is 0.241 e. The van der Waals surface area contributed by atoms with Crippen LogP contribution in [-0.4, -0.2) is 50.7 Å². The molecule has 0 aliphatic carbocycles. The Balaban J connectivity index is 1.85. The third kappa shape index (κ3) is 5.76. The van der Waals surface area contributed by atoms with Crippen LogP contribution in [0.5, 0.6) is 0 Å². The fraction of sp³-hybridized carbons (Fsp3) is 0.533. The van der Waals surface area contributed by atoms with Gasteiger partial charge in [0.25, 0.3) is 0 Å². The first-order valence-electron chi connectivity index (χ1n) is 7.52. The molecule has 0 spiro atoms. The number of carbonyl (C=O) groups is 1. The van der Waals surface area contributed by atoms with Gasteiger partial charge in [0.1, 0.15) is 0 Å². The van der Waals surface area contributed by atoms with Crippen LogP contribution in [-0.2, 0) is 14.8 Å². The second-order valence-electron chi connectivity index (χ2n) is 5.87. The zero-order valence-corrected chi connectivity index (χ0v) is 14.8. The monoisotopic (exact) mass is 359 g/mol. The molecule has 8 heteroatoms. The summed E-state index contributed by atoms with van der Waals surface area (Å²) in [6, 6.07) is 6.65. The van der Waals surface area contributed by atoms with Crippen LogP contribution in [0, 0.1) is 0 Å². The average molecular weight is 360 g/mol. The van der Waals surface area contributed by atoms with E-state index in [1.165, 1.54) is 6.26 Å². The molecule has 1 atom stereocenters. The van der Waals surface area contributed by atoms with E-state index in [9.17, 15) is 13.2 Å². The topological polar surface area (TPSA) is 78.5 Å². The molecule has 1 aromatic rings. The van der Waals surface area contributed by atoms with E-state index in [1.807, 2.05) is 6.92 Å². The fourth-order valence-electron chi connectivity index (χ4n) is 2.65. The summed E-state index contributed by atoms with van der Waals surface area (Å²) in [7, 11) is -3.18. The molecule has 1 aliphatic heterocycles. The highest BCUT2D eigenvalue weighted by molar-refractivity contribution is 7.88. The van der Waals surface area contributed by atoms with Gasteiger partial charge in [0.2, 0.25) is 15.9 Å². The number of nitrogens with one attached hydrogen (secondary N) is 2. The lowest BCUT2D eigenvalue weighted by atomic mass is 10.0. The van der Waals surface area contributed by atoms with Crippen LogP contribution in [0.25, 0.3) is 0 Å². The predicted octanol–water partition coefficient (Wildman–Crippen LogP) is 1.68. The average Bonchev–Trinajstić information content (AvgIpc) is 2.48. The summed E-state index contributed by atoms with van der Waals surface area (Å²) < 4.78 is 25.1. The van der Waals surface area contributed by atoms with E-state index < -0.39 is 10.0 Å². The zero-order chi connectivity index (χ0) is 17.0. The van der Waals surface area contributed by atoms with Crippen molar-refractivity contribution in [2.75, 3.05) is 24.7 Å². The highest BCUT2D eigenvalue weighted by Crippen LogP contribution is 2.17. The van der Waals surface area contributed by atoms with E-state index in [2.05, 4.69) is 14.9 Å². The minimum absolute atomic E-state index is 0.0484. The Kier molecular flexibility index (Phi) is 6.02. The first-order chi connectivity index (χ1) is 10.7. The Morgan fingerprint density at radius 3 is 2.35 bits per heavy atom. The number of rotatable bonds is 5. The van der Waals surface area contributed by atoms with E-state index in [-0.39, 0.29) is 18.0 Å². The van der Waals surface area contributed by atoms with Crippen molar-refractivity contribution in [3.05, 3.63) is 29.3 Å². The lowest BCUT2D eigenvalue weighted by Crippen LogP contribution is -2.50. The first kappa shape index (κ1) is 18.2. The molecule has 0 aromatic heterocycles. The van der Waals surface area contributed by atoms with Crippen LogP contribution in [0.15, 0.2) is 24.3 Å². The van der Waals surface area contributed by atoms with Crippen LogP contribution in [0.1, 0.15) is 19.8 Å². The minimum Gasteiger partial charge on any atom is -0.325 e. The molecule has 0 radical (unpaired) electrons. The molecule has 128 valence electrons. The molecule has 1 fully saturated rings. The number of hydrogen-bond acceptors (Lipinski definition) is 4. The van der Waals surface area contributed by atoms with Crippen LogP contribution in [0.4, 0.5) is 5.69 Å². The van der Waals surface area contributed by atoms with Gasteiger partial charge in [-0.3, -0.25) is 9.69 Å². The summed E-state index contributed by atoms with van der Waals surface area (Å²) in [5, 5.41) is 3.49. The molecule has 0 bridgehead atoms. The van der Waals surface area contributed by atoms with Gasteiger partial charge in [-0.05, 0) is 44.0 Å². The number of likely N-dealkylation sites (tertiary alicyclic amines) is 1. The SMILES string of the molecule is C[C@@H](C(=O)Nc1ccc(Cl)cc1)N1CCC(NS(C)(=O)=O)CC1. The minimum atomic E-state index is -3.18. The number of anilines is 1. The van der Waals surface area contributed by atoms with Crippen molar-refractivity contribution in [1.82, 2.24) is 9.62 Å². The first-order valence-corrected chi connectivity index (χ1v) is 9.79. The Morgan fingerprint density at radius 2 is 1.83 bits per heavy atom. The molecular formula is C15H22ClN3O3S. The summed E-state index contributed by atoms with van der Waals surface area (Å²) >= 11 is 5.82. The van der Waals surface area contributed by atoms with Crippen molar-refractivity contribution in [2.45, 2.75) is 31.8 Å². The second-order valence-corrected chi connectivity index (χ2v) is 8.09. The maximum atomic E-state index is 12.3. The van der Waals surface area contributed by atoms with Crippen molar-refractivity contribution in [3.63, 3.8) is 0 Å². The Morgan fingerprint density at radius 1 is 1.26 bits per heavy atom. The van der Waals surface area contributed by atoms with E-state index in [4.69, 9.17) is 11.6 Å². The van der Waals surface area contributed by atoms with Gasteiger partial charge < -0.3 is 5.32 Å². The van der Waals surface area contributed by atoms with E-state index in [0.717, 1.165) is 0 Å². The highest BCUT2D eigenvalue weighted by atomic mass is 35.5. The Labute approximate surface area is 142 Å². The maximum absolute atomic E-state index is 12.3. The van der Waals surface area contributed by atoms with E-state index in [1.54, 1.807) is 24.3 Å². The number of amides is 1. The smallest absolute Gasteiger partial charge is 0.241 e. The third-order valence-corrected chi connectivity index (χ3v) is 4.96. The molecule has 23 heavy (non-hydrogen) atoms. The van der Waals surface area contributed by atoms with Crippen molar-refractivity contribution in [3.8, 4) is 0 Å². The zero-order valence-electron chi connectivity index (χ0n) is 13.3. The number of carbonyl (C=O) groups excluding carboxylic acids is 1. The molecule has 1 saturated heterocycles. The number of nitrogens with zero attached hydrogens (tertiary/aromatic N) is 1. The van der Waals surface area contributed by atoms with Crippen molar-refractivity contribution in [2.24, 2.45) is 0 Å². The Bertz CT molecular complexity index is 640. The number of hydrogen-bond donors (Lipinski definition) is 2. The highest BCUT2D eigenvalue weighted by Gasteiger charge is 2.27. The van der Waals surface area contributed by atoms with E-state index >= 15 is 0 Å². The van der Waals surface area contributed by atoms with Gasteiger partial charge in [-0.1, -0.05) is 11.6 Å². The van der Waals surface area contributed by atoms with Crippen molar-refractivity contribution >= 4 is 33.2 Å². The standard InChI is InChI=1S/C15H22ClN3O3S/c1-11(15(20)17-13-5-3-12(16)4-6-13)19-9-7-14(8-10-19)18-23(2,21)22/h3-6,11,14,18H,7-10H2,1-2H3,(H,17,20)/t11-/m0/s1. The molecule has 1 amide bonds. The number of piperidine rings is 1. The quantitative estimate of drug-likeness (QED) is 0.838. The van der Waals surface area contributed by atoms with Crippen LogP contribution >= 0.6 is 11.6 Å². The largest absolute Gasteiger partial charge is 0.325 e. The summed E-state index contributed by atoms with van der Waals surface area (Å²) in [4.78, 5) is 14.4. The van der Waals surface area contributed by atoms with Crippen molar-refractivity contribution < 1.29 is 13.2 Å². The summed E-state index contributed by atoms with van der Waals surface area (Å²) in [6.07, 6.45) is 2.57. The van der Waals surface area contributed by atoms with Gasteiger partial charge in [0.05, 0.1) is 12.3 Å². The van der Waals surface area contributed by atoms with Crippen LogP contribution in [0.2, 0.25) is 5.02 Å². The third-order valence-electron chi connectivity index (χ3n) is 3.95.